The molecule has 0 radical (unpaired) electrons. The molecule has 10 heteroatoms. The lowest BCUT2D eigenvalue weighted by atomic mass is 10.2. The van der Waals surface area contributed by atoms with Gasteiger partial charge in [0.15, 0.2) is 5.16 Å². The molecule has 0 saturated heterocycles. The van der Waals surface area contributed by atoms with Gasteiger partial charge in [0, 0.05) is 24.8 Å². The SMILES string of the molecule is Cc1ccc(NC(=O)CSc2nc3ccc(Cl)cc3[nH]2)cc1S(=O)(=O)N(C)C. The number of aryl methyl sites for hydroxylation is 1. The number of aromatic nitrogens is 2. The number of thioether (sulfide) groups is 1. The molecule has 0 aliphatic heterocycles. The van der Waals surface area contributed by atoms with Crippen LogP contribution in [-0.2, 0) is 14.8 Å². The van der Waals surface area contributed by atoms with Crippen LogP contribution in [0.2, 0.25) is 5.02 Å². The quantitative estimate of drug-likeness (QED) is 0.574. The molecule has 0 atom stereocenters. The minimum Gasteiger partial charge on any atom is -0.333 e. The first-order chi connectivity index (χ1) is 13.2. The molecule has 2 aromatic carbocycles. The summed E-state index contributed by atoms with van der Waals surface area (Å²) in [4.78, 5) is 19.9. The number of anilines is 1. The van der Waals surface area contributed by atoms with Gasteiger partial charge >= 0.3 is 0 Å². The fourth-order valence-corrected chi connectivity index (χ4v) is 4.51. The van der Waals surface area contributed by atoms with E-state index in [0.717, 1.165) is 15.3 Å². The number of benzene rings is 2. The maximum absolute atomic E-state index is 12.4. The van der Waals surface area contributed by atoms with Gasteiger partial charge in [-0.15, -0.1) is 0 Å². The summed E-state index contributed by atoms with van der Waals surface area (Å²) in [5.41, 5.74) is 2.60. The van der Waals surface area contributed by atoms with Crippen LogP contribution in [0, 0.1) is 6.92 Å². The Hall–Kier alpha value is -2.07. The van der Waals surface area contributed by atoms with Crippen molar-refractivity contribution in [1.82, 2.24) is 14.3 Å². The number of fused-ring (bicyclic) bond motifs is 1. The van der Waals surface area contributed by atoms with Crippen molar-refractivity contribution in [2.45, 2.75) is 17.0 Å². The number of hydrogen-bond donors (Lipinski definition) is 2. The third-order valence-corrected chi connectivity index (χ3v) is 7.06. The van der Waals surface area contributed by atoms with Gasteiger partial charge in [-0.05, 0) is 42.8 Å². The first-order valence-electron chi connectivity index (χ1n) is 8.28. The minimum atomic E-state index is -3.59. The molecule has 0 aliphatic carbocycles. The zero-order valence-corrected chi connectivity index (χ0v) is 17.9. The van der Waals surface area contributed by atoms with Gasteiger partial charge in [-0.3, -0.25) is 4.79 Å². The van der Waals surface area contributed by atoms with Gasteiger partial charge in [-0.1, -0.05) is 29.4 Å². The van der Waals surface area contributed by atoms with E-state index in [1.165, 1.54) is 31.9 Å². The Morgan fingerprint density at radius 1 is 1.25 bits per heavy atom. The number of imidazole rings is 1. The van der Waals surface area contributed by atoms with Gasteiger partial charge in [0.25, 0.3) is 0 Å². The summed E-state index contributed by atoms with van der Waals surface area (Å²) in [6.45, 7) is 1.71. The smallest absolute Gasteiger partial charge is 0.242 e. The van der Waals surface area contributed by atoms with Gasteiger partial charge in [0.05, 0.1) is 21.7 Å². The van der Waals surface area contributed by atoms with Crippen molar-refractivity contribution in [3.05, 3.63) is 47.0 Å². The van der Waals surface area contributed by atoms with Gasteiger partial charge in [-0.25, -0.2) is 17.7 Å². The molecule has 3 rings (SSSR count). The van der Waals surface area contributed by atoms with Gasteiger partial charge in [-0.2, -0.15) is 0 Å². The topological polar surface area (TPSA) is 95.2 Å². The highest BCUT2D eigenvalue weighted by molar-refractivity contribution is 7.99. The second-order valence-corrected chi connectivity index (χ2v) is 9.83. The zero-order chi connectivity index (χ0) is 20.5. The number of aromatic amines is 1. The van der Waals surface area contributed by atoms with Crippen molar-refractivity contribution in [2.75, 3.05) is 25.2 Å². The first-order valence-corrected chi connectivity index (χ1v) is 11.1. The lowest BCUT2D eigenvalue weighted by molar-refractivity contribution is -0.113. The second kappa shape index (κ2) is 8.12. The lowest BCUT2D eigenvalue weighted by Gasteiger charge is -2.15. The van der Waals surface area contributed by atoms with Crippen LogP contribution < -0.4 is 5.32 Å². The Morgan fingerprint density at radius 2 is 2.00 bits per heavy atom. The minimum absolute atomic E-state index is 0.122. The second-order valence-electron chi connectivity index (χ2n) is 6.31. The molecule has 3 aromatic rings. The highest BCUT2D eigenvalue weighted by atomic mass is 35.5. The van der Waals surface area contributed by atoms with Crippen molar-refractivity contribution < 1.29 is 13.2 Å². The molecular formula is C18H19ClN4O3S2. The number of sulfonamides is 1. The summed E-state index contributed by atoms with van der Waals surface area (Å²) in [6, 6.07) is 10.1. The Bertz CT molecular complexity index is 1140. The Labute approximate surface area is 172 Å². The predicted molar refractivity (Wildman–Crippen MR) is 113 cm³/mol. The molecular weight excluding hydrogens is 420 g/mol. The average molecular weight is 439 g/mol. The third kappa shape index (κ3) is 4.49. The Balaban J connectivity index is 1.69. The summed E-state index contributed by atoms with van der Waals surface area (Å²) >= 11 is 7.21. The van der Waals surface area contributed by atoms with E-state index in [2.05, 4.69) is 15.3 Å². The van der Waals surface area contributed by atoms with Crippen molar-refractivity contribution in [3.63, 3.8) is 0 Å². The third-order valence-electron chi connectivity index (χ3n) is 3.99. The monoisotopic (exact) mass is 438 g/mol. The number of amides is 1. The van der Waals surface area contributed by atoms with Gasteiger partial charge in [0.1, 0.15) is 0 Å². The van der Waals surface area contributed by atoms with Crippen LogP contribution >= 0.6 is 23.4 Å². The van der Waals surface area contributed by atoms with Crippen LogP contribution in [0.3, 0.4) is 0 Å². The van der Waals surface area contributed by atoms with E-state index in [1.807, 2.05) is 0 Å². The molecule has 148 valence electrons. The van der Waals surface area contributed by atoms with E-state index < -0.39 is 10.0 Å². The fraction of sp³-hybridized carbons (Fsp3) is 0.222. The molecule has 0 fully saturated rings. The van der Waals surface area contributed by atoms with Crippen molar-refractivity contribution in [2.24, 2.45) is 0 Å². The molecule has 28 heavy (non-hydrogen) atoms. The van der Waals surface area contributed by atoms with Crippen LogP contribution in [-0.4, -0.2) is 48.4 Å². The van der Waals surface area contributed by atoms with E-state index in [0.29, 0.717) is 21.4 Å². The van der Waals surface area contributed by atoms with E-state index in [-0.39, 0.29) is 16.6 Å². The molecule has 1 amide bonds. The van der Waals surface area contributed by atoms with Crippen molar-refractivity contribution in [3.8, 4) is 0 Å². The first kappa shape index (κ1) is 20.7. The van der Waals surface area contributed by atoms with E-state index in [4.69, 9.17) is 11.6 Å². The number of carbonyl (C=O) groups excluding carboxylic acids is 1. The lowest BCUT2D eigenvalue weighted by Crippen LogP contribution is -2.23. The molecule has 1 heterocycles. The highest BCUT2D eigenvalue weighted by Crippen LogP contribution is 2.24. The molecule has 0 spiro atoms. The van der Waals surface area contributed by atoms with E-state index in [9.17, 15) is 13.2 Å². The normalized spacial score (nSPS) is 11.9. The number of halogens is 1. The zero-order valence-electron chi connectivity index (χ0n) is 15.5. The maximum atomic E-state index is 12.4. The highest BCUT2D eigenvalue weighted by Gasteiger charge is 2.20. The van der Waals surface area contributed by atoms with Crippen LogP contribution in [0.5, 0.6) is 0 Å². The molecule has 7 nitrogen and oxygen atoms in total. The standard InChI is InChI=1S/C18H19ClN4O3S2/c1-11-4-6-13(9-16(11)28(25,26)23(2)3)20-17(24)10-27-18-21-14-7-5-12(19)8-15(14)22-18/h4-9H,10H2,1-3H3,(H,20,24)(H,21,22). The number of H-pyrrole nitrogens is 1. The number of carbonyl (C=O) groups is 1. The molecule has 0 aliphatic rings. The van der Waals surface area contributed by atoms with Crippen LogP contribution in [0.25, 0.3) is 11.0 Å². The van der Waals surface area contributed by atoms with E-state index >= 15 is 0 Å². The fourth-order valence-electron chi connectivity index (χ4n) is 2.51. The molecule has 2 N–H and O–H groups in total. The maximum Gasteiger partial charge on any atom is 0.242 e. The van der Waals surface area contributed by atoms with Crippen LogP contribution in [0.1, 0.15) is 5.56 Å². The van der Waals surface area contributed by atoms with Gasteiger partial charge < -0.3 is 10.3 Å². The Morgan fingerprint density at radius 3 is 2.71 bits per heavy atom. The predicted octanol–water partition coefficient (Wildman–Crippen LogP) is 3.51. The summed E-state index contributed by atoms with van der Waals surface area (Å²) in [5.74, 6) is -0.141. The molecule has 0 unspecified atom stereocenters. The largest absolute Gasteiger partial charge is 0.333 e. The molecule has 1 aromatic heterocycles. The van der Waals surface area contributed by atoms with Crippen LogP contribution in [0.4, 0.5) is 5.69 Å². The van der Waals surface area contributed by atoms with Crippen LogP contribution in [0.15, 0.2) is 46.5 Å². The van der Waals surface area contributed by atoms with Crippen molar-refractivity contribution >= 4 is 56.0 Å². The van der Waals surface area contributed by atoms with Crippen molar-refractivity contribution in [1.29, 1.82) is 0 Å². The molecule has 0 saturated carbocycles. The number of rotatable bonds is 6. The number of nitrogens with zero attached hydrogens (tertiary/aromatic N) is 2. The van der Waals surface area contributed by atoms with Gasteiger partial charge in [0.2, 0.25) is 15.9 Å². The average Bonchev–Trinajstić information content (AvgIpc) is 3.03. The Kier molecular flexibility index (Phi) is 5.99. The summed E-state index contributed by atoms with van der Waals surface area (Å²) in [7, 11) is -0.650. The summed E-state index contributed by atoms with van der Waals surface area (Å²) in [6.07, 6.45) is 0. The van der Waals surface area contributed by atoms with E-state index in [1.54, 1.807) is 37.3 Å². The summed E-state index contributed by atoms with van der Waals surface area (Å²) in [5, 5.41) is 3.94. The molecule has 0 bridgehead atoms. The summed E-state index contributed by atoms with van der Waals surface area (Å²) < 4.78 is 25.9. The number of hydrogen-bond acceptors (Lipinski definition) is 5. The number of nitrogens with one attached hydrogen (secondary N) is 2.